The molecular weight excluding hydrogens is 218 g/mol. The first kappa shape index (κ1) is 15.9. The van der Waals surface area contributed by atoms with Crippen molar-refractivity contribution in [1.82, 2.24) is 4.90 Å². The first-order chi connectivity index (χ1) is 8.11. The number of carbonyl (C=O) groups excluding carboxylic acids is 2. The molecule has 0 N–H and O–H groups in total. The zero-order chi connectivity index (χ0) is 13.1. The average Bonchev–Trinajstić information content (AvgIpc) is 2.28. The Bertz CT molecular complexity index is 221. The van der Waals surface area contributed by atoms with E-state index in [1.54, 1.807) is 0 Å². The molecule has 1 amide bonds. The number of hydrogen-bond acceptors (Lipinski definition) is 3. The summed E-state index contributed by atoms with van der Waals surface area (Å²) in [6, 6.07) is 0. The van der Waals surface area contributed by atoms with Gasteiger partial charge < -0.3 is 14.8 Å². The van der Waals surface area contributed by atoms with E-state index in [4.69, 9.17) is 0 Å². The molecule has 0 spiro atoms. The lowest BCUT2D eigenvalue weighted by atomic mass is 10.2. The fraction of sp³-hybridized carbons (Fsp3) is 0.846. The standard InChI is InChI=1S/C13H25NO3/c1-3-5-10-14(11-6-4-2)12(15)8-7-9-13(16)17/h3-11H2,1-2H3,(H,16,17)/p-1. The number of aliphatic carboxylic acids is 1. The Morgan fingerprint density at radius 2 is 1.47 bits per heavy atom. The van der Waals surface area contributed by atoms with E-state index in [1.165, 1.54) is 0 Å². The van der Waals surface area contributed by atoms with Crippen LogP contribution in [0, 0.1) is 0 Å². The van der Waals surface area contributed by atoms with Gasteiger partial charge in [0.05, 0.1) is 0 Å². The predicted octanol–water partition coefficient (Wildman–Crippen LogP) is 1.34. The van der Waals surface area contributed by atoms with Gasteiger partial charge in [-0.3, -0.25) is 4.79 Å². The first-order valence-corrected chi connectivity index (χ1v) is 6.59. The quantitative estimate of drug-likeness (QED) is 0.580. The van der Waals surface area contributed by atoms with Gasteiger partial charge in [0.15, 0.2) is 0 Å². The van der Waals surface area contributed by atoms with Crippen molar-refractivity contribution in [2.75, 3.05) is 13.1 Å². The molecule has 0 heterocycles. The largest absolute Gasteiger partial charge is 0.550 e. The lowest BCUT2D eigenvalue weighted by molar-refractivity contribution is -0.305. The highest BCUT2D eigenvalue weighted by atomic mass is 16.4. The second kappa shape index (κ2) is 10.1. The van der Waals surface area contributed by atoms with Gasteiger partial charge in [0, 0.05) is 25.5 Å². The molecule has 4 nitrogen and oxygen atoms in total. The van der Waals surface area contributed by atoms with Crippen LogP contribution in [0.3, 0.4) is 0 Å². The Kier molecular flexibility index (Phi) is 9.49. The van der Waals surface area contributed by atoms with E-state index in [2.05, 4.69) is 13.8 Å². The molecule has 0 radical (unpaired) electrons. The molecule has 0 saturated heterocycles. The summed E-state index contributed by atoms with van der Waals surface area (Å²) in [4.78, 5) is 24.0. The van der Waals surface area contributed by atoms with Gasteiger partial charge in [-0.05, 0) is 25.7 Å². The smallest absolute Gasteiger partial charge is 0.222 e. The normalized spacial score (nSPS) is 10.2. The number of carboxylic acid groups (broad SMARTS) is 1. The lowest BCUT2D eigenvalue weighted by Gasteiger charge is -2.22. The van der Waals surface area contributed by atoms with Crippen LogP contribution in [0.4, 0.5) is 0 Å². The highest BCUT2D eigenvalue weighted by Gasteiger charge is 2.11. The van der Waals surface area contributed by atoms with Gasteiger partial charge >= 0.3 is 0 Å². The highest BCUT2D eigenvalue weighted by Crippen LogP contribution is 2.05. The van der Waals surface area contributed by atoms with Crippen molar-refractivity contribution in [3.05, 3.63) is 0 Å². The third kappa shape index (κ3) is 8.72. The Morgan fingerprint density at radius 1 is 0.941 bits per heavy atom. The number of hydrogen-bond donors (Lipinski definition) is 0. The van der Waals surface area contributed by atoms with Crippen LogP contribution in [0.1, 0.15) is 58.8 Å². The average molecular weight is 242 g/mol. The molecule has 0 fully saturated rings. The zero-order valence-electron chi connectivity index (χ0n) is 11.0. The van der Waals surface area contributed by atoms with Crippen LogP contribution in [0.15, 0.2) is 0 Å². The predicted molar refractivity (Wildman–Crippen MR) is 65.3 cm³/mol. The molecular formula is C13H24NO3-. The van der Waals surface area contributed by atoms with Crippen molar-refractivity contribution < 1.29 is 14.7 Å². The van der Waals surface area contributed by atoms with E-state index in [1.807, 2.05) is 4.90 Å². The van der Waals surface area contributed by atoms with Crippen molar-refractivity contribution >= 4 is 11.9 Å². The third-order valence-corrected chi connectivity index (χ3v) is 2.69. The molecule has 0 atom stereocenters. The van der Waals surface area contributed by atoms with Crippen LogP contribution >= 0.6 is 0 Å². The van der Waals surface area contributed by atoms with Gasteiger partial charge in [0.2, 0.25) is 5.91 Å². The van der Waals surface area contributed by atoms with Crippen LogP contribution in [0.2, 0.25) is 0 Å². The van der Waals surface area contributed by atoms with Crippen LogP contribution in [0.5, 0.6) is 0 Å². The van der Waals surface area contributed by atoms with Crippen LogP contribution < -0.4 is 5.11 Å². The van der Waals surface area contributed by atoms with Crippen molar-refractivity contribution in [3.63, 3.8) is 0 Å². The topological polar surface area (TPSA) is 60.4 Å². The summed E-state index contributed by atoms with van der Waals surface area (Å²) in [6.45, 7) is 5.78. The van der Waals surface area contributed by atoms with Crippen molar-refractivity contribution in [1.29, 1.82) is 0 Å². The van der Waals surface area contributed by atoms with Crippen molar-refractivity contribution in [2.45, 2.75) is 58.8 Å². The third-order valence-electron chi connectivity index (χ3n) is 2.69. The Hall–Kier alpha value is -1.06. The second-order valence-corrected chi connectivity index (χ2v) is 4.31. The number of carbonyl (C=O) groups is 2. The Balaban J connectivity index is 3.97. The maximum Gasteiger partial charge on any atom is 0.222 e. The monoisotopic (exact) mass is 242 g/mol. The van der Waals surface area contributed by atoms with E-state index in [9.17, 15) is 14.7 Å². The fourth-order valence-corrected chi connectivity index (χ4v) is 1.60. The van der Waals surface area contributed by atoms with Gasteiger partial charge in [-0.15, -0.1) is 0 Å². The molecule has 4 heteroatoms. The maximum atomic E-state index is 11.8. The molecule has 0 aromatic carbocycles. The number of carboxylic acids is 1. The summed E-state index contributed by atoms with van der Waals surface area (Å²) >= 11 is 0. The molecule has 0 aromatic heterocycles. The summed E-state index contributed by atoms with van der Waals surface area (Å²) in [7, 11) is 0. The minimum atomic E-state index is -1.08. The first-order valence-electron chi connectivity index (χ1n) is 6.59. The van der Waals surface area contributed by atoms with Gasteiger partial charge in [0.25, 0.3) is 0 Å². The van der Waals surface area contributed by atoms with Crippen LogP contribution in [0.25, 0.3) is 0 Å². The fourth-order valence-electron chi connectivity index (χ4n) is 1.60. The molecule has 17 heavy (non-hydrogen) atoms. The second-order valence-electron chi connectivity index (χ2n) is 4.31. The summed E-state index contributed by atoms with van der Waals surface area (Å²) in [5, 5.41) is 10.3. The van der Waals surface area contributed by atoms with Crippen molar-refractivity contribution in [3.8, 4) is 0 Å². The molecule has 0 aliphatic heterocycles. The van der Waals surface area contributed by atoms with E-state index in [0.29, 0.717) is 12.8 Å². The molecule has 0 bridgehead atoms. The zero-order valence-corrected chi connectivity index (χ0v) is 11.0. The highest BCUT2D eigenvalue weighted by molar-refractivity contribution is 5.76. The molecule has 0 unspecified atom stereocenters. The Morgan fingerprint density at radius 3 is 1.88 bits per heavy atom. The number of unbranched alkanes of at least 4 members (excludes halogenated alkanes) is 2. The van der Waals surface area contributed by atoms with Crippen LogP contribution in [-0.2, 0) is 9.59 Å². The summed E-state index contributed by atoms with van der Waals surface area (Å²) < 4.78 is 0. The number of amides is 1. The minimum absolute atomic E-state index is 0.0267. The van der Waals surface area contributed by atoms with E-state index < -0.39 is 5.97 Å². The van der Waals surface area contributed by atoms with Crippen molar-refractivity contribution in [2.24, 2.45) is 0 Å². The lowest BCUT2D eigenvalue weighted by Crippen LogP contribution is -2.33. The van der Waals surface area contributed by atoms with Gasteiger partial charge in [-0.2, -0.15) is 0 Å². The summed E-state index contributed by atoms with van der Waals surface area (Å²) in [5.74, 6) is -1.00. The maximum absolute atomic E-state index is 11.8. The molecule has 100 valence electrons. The summed E-state index contributed by atoms with van der Waals surface area (Å²) in [5.41, 5.74) is 0. The minimum Gasteiger partial charge on any atom is -0.550 e. The Labute approximate surface area is 104 Å². The van der Waals surface area contributed by atoms with Gasteiger partial charge in [0.1, 0.15) is 0 Å². The molecule has 0 aliphatic carbocycles. The van der Waals surface area contributed by atoms with Crippen LogP contribution in [-0.4, -0.2) is 29.9 Å². The molecule has 0 saturated carbocycles. The molecule has 0 aromatic rings. The van der Waals surface area contributed by atoms with E-state index in [-0.39, 0.29) is 12.3 Å². The molecule has 0 aliphatic rings. The van der Waals surface area contributed by atoms with Gasteiger partial charge in [-0.25, -0.2) is 0 Å². The number of nitrogens with zero attached hydrogens (tertiary/aromatic N) is 1. The summed E-state index contributed by atoms with van der Waals surface area (Å²) in [6.07, 6.45) is 4.83. The SMILES string of the molecule is CCCCN(CCCC)C(=O)CCCC(=O)[O-]. The van der Waals surface area contributed by atoms with E-state index in [0.717, 1.165) is 38.8 Å². The number of rotatable bonds is 10. The van der Waals surface area contributed by atoms with E-state index >= 15 is 0 Å². The van der Waals surface area contributed by atoms with Gasteiger partial charge in [-0.1, -0.05) is 26.7 Å². The molecule has 0 rings (SSSR count).